The zero-order valence-electron chi connectivity index (χ0n) is 8.58. The number of nitrogens with one attached hydrogen (secondary N) is 1. The minimum absolute atomic E-state index is 0.142. The van der Waals surface area contributed by atoms with Crippen molar-refractivity contribution in [2.24, 2.45) is 5.73 Å². The van der Waals surface area contributed by atoms with Crippen molar-refractivity contribution in [2.75, 3.05) is 20.3 Å². The van der Waals surface area contributed by atoms with Crippen molar-refractivity contribution < 1.29 is 9.53 Å². The van der Waals surface area contributed by atoms with Gasteiger partial charge in [0.25, 0.3) is 0 Å². The number of terminal acetylenes is 1. The molecule has 0 fully saturated rings. The number of rotatable bonds is 7. The summed E-state index contributed by atoms with van der Waals surface area (Å²) in [5.41, 5.74) is 5.62. The van der Waals surface area contributed by atoms with Gasteiger partial charge in [0.1, 0.15) is 0 Å². The largest absolute Gasteiger partial charge is 0.385 e. The van der Waals surface area contributed by atoms with Gasteiger partial charge in [-0.2, -0.15) is 0 Å². The molecule has 0 spiro atoms. The zero-order chi connectivity index (χ0) is 10.8. The molecule has 1 unspecified atom stereocenters. The zero-order valence-corrected chi connectivity index (χ0v) is 8.58. The van der Waals surface area contributed by atoms with E-state index in [1.165, 1.54) is 0 Å². The Kier molecular flexibility index (Phi) is 7.90. The van der Waals surface area contributed by atoms with E-state index < -0.39 is 6.04 Å². The molecule has 1 amide bonds. The molecule has 0 aromatic rings. The van der Waals surface area contributed by atoms with Gasteiger partial charge in [0.05, 0.1) is 6.04 Å². The molecule has 0 saturated heterocycles. The van der Waals surface area contributed by atoms with Crippen LogP contribution in [-0.2, 0) is 9.53 Å². The number of nitrogens with two attached hydrogens (primary N) is 1. The van der Waals surface area contributed by atoms with Gasteiger partial charge in [0.15, 0.2) is 0 Å². The first-order valence-electron chi connectivity index (χ1n) is 4.68. The molecule has 0 heterocycles. The van der Waals surface area contributed by atoms with Gasteiger partial charge in [-0.15, -0.1) is 12.3 Å². The predicted molar refractivity (Wildman–Crippen MR) is 55.5 cm³/mol. The Bertz CT molecular complexity index is 199. The molecule has 1 atom stereocenters. The predicted octanol–water partition coefficient (Wildman–Crippen LogP) is -0.120. The Hall–Kier alpha value is -1.05. The first-order chi connectivity index (χ1) is 6.72. The van der Waals surface area contributed by atoms with Crippen LogP contribution in [0.4, 0.5) is 0 Å². The fourth-order valence-corrected chi connectivity index (χ4v) is 0.968. The van der Waals surface area contributed by atoms with Crippen molar-refractivity contribution in [3.63, 3.8) is 0 Å². The van der Waals surface area contributed by atoms with E-state index in [-0.39, 0.29) is 5.91 Å². The van der Waals surface area contributed by atoms with E-state index in [1.807, 2.05) is 0 Å². The molecule has 0 saturated carbocycles. The van der Waals surface area contributed by atoms with E-state index >= 15 is 0 Å². The van der Waals surface area contributed by atoms with Crippen LogP contribution in [0.5, 0.6) is 0 Å². The summed E-state index contributed by atoms with van der Waals surface area (Å²) in [4.78, 5) is 11.3. The maximum Gasteiger partial charge on any atom is 0.236 e. The highest BCUT2D eigenvalue weighted by Crippen LogP contribution is 1.94. The molecule has 0 radical (unpaired) electrons. The fourth-order valence-electron chi connectivity index (χ4n) is 0.968. The van der Waals surface area contributed by atoms with Crippen molar-refractivity contribution in [2.45, 2.75) is 25.3 Å². The van der Waals surface area contributed by atoms with Gasteiger partial charge in [-0.05, 0) is 12.8 Å². The van der Waals surface area contributed by atoms with Gasteiger partial charge in [0, 0.05) is 26.7 Å². The monoisotopic (exact) mass is 198 g/mol. The summed E-state index contributed by atoms with van der Waals surface area (Å²) < 4.78 is 4.86. The van der Waals surface area contributed by atoms with E-state index in [1.54, 1.807) is 7.11 Å². The van der Waals surface area contributed by atoms with Crippen molar-refractivity contribution >= 4 is 5.91 Å². The van der Waals surface area contributed by atoms with Crippen molar-refractivity contribution in [3.05, 3.63) is 0 Å². The number of methoxy groups -OCH3 is 1. The van der Waals surface area contributed by atoms with Crippen molar-refractivity contribution in [3.8, 4) is 12.3 Å². The SMILES string of the molecule is C#CCCNC(=O)C(N)CCCOC. The molecule has 0 aliphatic rings. The first kappa shape index (κ1) is 12.9. The lowest BCUT2D eigenvalue weighted by Crippen LogP contribution is -2.40. The van der Waals surface area contributed by atoms with Crippen LogP contribution in [0.1, 0.15) is 19.3 Å². The first-order valence-corrected chi connectivity index (χ1v) is 4.68. The summed E-state index contributed by atoms with van der Waals surface area (Å²) in [5, 5.41) is 2.66. The number of hydrogen-bond donors (Lipinski definition) is 2. The van der Waals surface area contributed by atoms with Gasteiger partial charge in [-0.3, -0.25) is 4.79 Å². The summed E-state index contributed by atoms with van der Waals surface area (Å²) >= 11 is 0. The van der Waals surface area contributed by atoms with Crippen molar-refractivity contribution in [1.29, 1.82) is 0 Å². The van der Waals surface area contributed by atoms with Gasteiger partial charge in [0.2, 0.25) is 5.91 Å². The normalized spacial score (nSPS) is 11.8. The van der Waals surface area contributed by atoms with Crippen LogP contribution < -0.4 is 11.1 Å². The third-order valence-electron chi connectivity index (χ3n) is 1.77. The van der Waals surface area contributed by atoms with Gasteiger partial charge in [-0.1, -0.05) is 0 Å². The lowest BCUT2D eigenvalue weighted by atomic mass is 10.1. The summed E-state index contributed by atoms with van der Waals surface area (Å²) in [7, 11) is 1.62. The van der Waals surface area contributed by atoms with E-state index in [2.05, 4.69) is 11.2 Å². The average Bonchev–Trinajstić information content (AvgIpc) is 2.18. The van der Waals surface area contributed by atoms with Gasteiger partial charge >= 0.3 is 0 Å². The topological polar surface area (TPSA) is 64.4 Å². The summed E-state index contributed by atoms with van der Waals surface area (Å²) in [6.45, 7) is 1.12. The minimum Gasteiger partial charge on any atom is -0.385 e. The fraction of sp³-hybridized carbons (Fsp3) is 0.700. The molecule has 0 bridgehead atoms. The maximum absolute atomic E-state index is 11.3. The Balaban J connectivity index is 3.50. The number of ether oxygens (including phenoxy) is 1. The lowest BCUT2D eigenvalue weighted by molar-refractivity contribution is -0.122. The second-order valence-corrected chi connectivity index (χ2v) is 2.99. The summed E-state index contributed by atoms with van der Waals surface area (Å²) in [5.74, 6) is 2.30. The molecular formula is C10H18N2O2. The number of carbonyl (C=O) groups is 1. The van der Waals surface area contributed by atoms with Crippen LogP contribution in [-0.4, -0.2) is 32.2 Å². The Morgan fingerprint density at radius 3 is 3.00 bits per heavy atom. The molecular weight excluding hydrogens is 180 g/mol. The maximum atomic E-state index is 11.3. The second-order valence-electron chi connectivity index (χ2n) is 2.99. The third-order valence-corrected chi connectivity index (χ3v) is 1.77. The van der Waals surface area contributed by atoms with Crippen LogP contribution in [0.15, 0.2) is 0 Å². The average molecular weight is 198 g/mol. The molecule has 0 aliphatic heterocycles. The second kappa shape index (κ2) is 8.54. The molecule has 14 heavy (non-hydrogen) atoms. The number of carbonyl (C=O) groups excluding carboxylic acids is 1. The molecule has 0 aliphatic carbocycles. The molecule has 0 aromatic heterocycles. The molecule has 0 aromatic carbocycles. The molecule has 4 heteroatoms. The molecule has 0 rings (SSSR count). The van der Waals surface area contributed by atoms with E-state index in [0.717, 1.165) is 6.42 Å². The van der Waals surface area contributed by atoms with Crippen LogP contribution in [0.25, 0.3) is 0 Å². The van der Waals surface area contributed by atoms with E-state index in [0.29, 0.717) is 26.0 Å². The summed E-state index contributed by atoms with van der Waals surface area (Å²) in [6.07, 6.45) is 7.00. The quantitative estimate of drug-likeness (QED) is 0.443. The summed E-state index contributed by atoms with van der Waals surface area (Å²) in [6, 6.07) is -0.456. The van der Waals surface area contributed by atoms with Gasteiger partial charge in [-0.25, -0.2) is 0 Å². The number of hydrogen-bond acceptors (Lipinski definition) is 3. The Morgan fingerprint density at radius 1 is 1.71 bits per heavy atom. The minimum atomic E-state index is -0.456. The molecule has 4 nitrogen and oxygen atoms in total. The highest BCUT2D eigenvalue weighted by molar-refractivity contribution is 5.81. The van der Waals surface area contributed by atoms with Crippen LogP contribution in [0, 0.1) is 12.3 Å². The lowest BCUT2D eigenvalue weighted by Gasteiger charge is -2.10. The van der Waals surface area contributed by atoms with Crippen LogP contribution >= 0.6 is 0 Å². The molecule has 3 N–H and O–H groups in total. The molecule has 80 valence electrons. The van der Waals surface area contributed by atoms with Crippen LogP contribution in [0.3, 0.4) is 0 Å². The van der Waals surface area contributed by atoms with Crippen molar-refractivity contribution in [1.82, 2.24) is 5.32 Å². The number of amides is 1. The Labute approximate surface area is 85.2 Å². The highest BCUT2D eigenvalue weighted by Gasteiger charge is 2.11. The smallest absolute Gasteiger partial charge is 0.236 e. The standard InChI is InChI=1S/C10H18N2O2/c1-3-4-7-12-10(13)9(11)6-5-8-14-2/h1,9H,4-8,11H2,2H3,(H,12,13). The van der Waals surface area contributed by atoms with Gasteiger partial charge < -0.3 is 15.8 Å². The highest BCUT2D eigenvalue weighted by atomic mass is 16.5. The van der Waals surface area contributed by atoms with E-state index in [9.17, 15) is 4.79 Å². The third kappa shape index (κ3) is 6.46. The van der Waals surface area contributed by atoms with Crippen LogP contribution in [0.2, 0.25) is 0 Å². The Morgan fingerprint density at radius 2 is 2.43 bits per heavy atom. The van der Waals surface area contributed by atoms with E-state index in [4.69, 9.17) is 16.9 Å².